The smallest absolute Gasteiger partial charge is 0.281 e. The number of nitrogens with zero attached hydrogens (tertiary/aromatic N) is 1. The van der Waals surface area contributed by atoms with Crippen molar-refractivity contribution in [2.24, 2.45) is 5.92 Å². The summed E-state index contributed by atoms with van der Waals surface area (Å²) in [5, 5.41) is 1.14. The lowest BCUT2D eigenvalue weighted by Crippen LogP contribution is -2.35. The Morgan fingerprint density at radius 2 is 1.92 bits per heavy atom. The number of aromatic amines is 1. The Bertz CT molecular complexity index is 1090. The summed E-state index contributed by atoms with van der Waals surface area (Å²) in [6.07, 6.45) is 0.742. The zero-order valence-electron chi connectivity index (χ0n) is 13.0. The summed E-state index contributed by atoms with van der Waals surface area (Å²) in [4.78, 5) is 28.0. The maximum Gasteiger partial charge on any atom is 0.281 e. The Morgan fingerprint density at radius 3 is 2.68 bits per heavy atom. The molecule has 5 nitrogen and oxygen atoms in total. The van der Waals surface area contributed by atoms with Gasteiger partial charge in [0.15, 0.2) is 4.77 Å². The molecular weight excluding hydrogens is 358 g/mol. The molecule has 1 aromatic heterocycles. The molecule has 25 heavy (non-hydrogen) atoms. The standard InChI is InChI=1S/C18H14ClN3O2S/c19-11-7-5-10(6-8-11)13-9-14(13)16(23)21-22-17(24)12-3-1-2-4-15(12)20-18(22)25/h1-8,13-14H,9H2,(H,20,25)(H,21,23). The molecule has 1 saturated carbocycles. The van der Waals surface area contributed by atoms with Gasteiger partial charge in [0, 0.05) is 10.9 Å². The highest BCUT2D eigenvalue weighted by Gasteiger charge is 2.44. The SMILES string of the molecule is O=C(Nn1c(=S)[nH]c2ccccc2c1=O)C1CC1c1ccc(Cl)cc1. The summed E-state index contributed by atoms with van der Waals surface area (Å²) in [6.45, 7) is 0. The van der Waals surface area contributed by atoms with Crippen LogP contribution in [0.5, 0.6) is 0 Å². The number of halogens is 1. The van der Waals surface area contributed by atoms with Crippen LogP contribution in [0.15, 0.2) is 53.3 Å². The molecule has 1 aliphatic carbocycles. The molecule has 0 bridgehead atoms. The maximum absolute atomic E-state index is 12.6. The number of rotatable bonds is 3. The van der Waals surface area contributed by atoms with E-state index in [-0.39, 0.29) is 28.1 Å². The minimum Gasteiger partial charge on any atom is -0.330 e. The van der Waals surface area contributed by atoms with Gasteiger partial charge >= 0.3 is 0 Å². The third-order valence-corrected chi connectivity index (χ3v) is 4.99. The van der Waals surface area contributed by atoms with Gasteiger partial charge in [-0.2, -0.15) is 4.68 Å². The molecule has 1 heterocycles. The fraction of sp³-hybridized carbons (Fsp3) is 0.167. The van der Waals surface area contributed by atoms with E-state index < -0.39 is 0 Å². The summed E-state index contributed by atoms with van der Waals surface area (Å²) in [7, 11) is 0. The second-order valence-electron chi connectivity index (χ2n) is 6.09. The number of fused-ring (bicyclic) bond motifs is 1. The highest BCUT2D eigenvalue weighted by Crippen LogP contribution is 2.47. The number of benzene rings is 2. The van der Waals surface area contributed by atoms with Crippen LogP contribution >= 0.6 is 23.8 Å². The minimum absolute atomic E-state index is 0.144. The van der Waals surface area contributed by atoms with Crippen molar-refractivity contribution in [2.75, 3.05) is 5.43 Å². The van der Waals surface area contributed by atoms with Crippen LogP contribution in [0, 0.1) is 10.7 Å². The van der Waals surface area contributed by atoms with Crippen LogP contribution in [0.4, 0.5) is 0 Å². The third kappa shape index (κ3) is 2.99. The van der Waals surface area contributed by atoms with Crippen LogP contribution in [0.3, 0.4) is 0 Å². The topological polar surface area (TPSA) is 66.9 Å². The second kappa shape index (κ2) is 6.13. The van der Waals surface area contributed by atoms with E-state index in [4.69, 9.17) is 23.8 Å². The van der Waals surface area contributed by atoms with Crippen LogP contribution in [0.25, 0.3) is 10.9 Å². The first-order chi connectivity index (χ1) is 12.0. The van der Waals surface area contributed by atoms with Crippen LogP contribution in [0.1, 0.15) is 17.9 Å². The summed E-state index contributed by atoms with van der Waals surface area (Å²) < 4.78 is 1.28. The van der Waals surface area contributed by atoms with E-state index in [0.29, 0.717) is 15.9 Å². The molecule has 2 N–H and O–H groups in total. The molecular formula is C18H14ClN3O2S. The second-order valence-corrected chi connectivity index (χ2v) is 6.92. The molecule has 7 heteroatoms. The molecule has 0 radical (unpaired) electrons. The maximum atomic E-state index is 12.6. The molecule has 2 unspecified atom stereocenters. The molecule has 126 valence electrons. The van der Waals surface area contributed by atoms with Crippen molar-refractivity contribution >= 4 is 40.6 Å². The van der Waals surface area contributed by atoms with Gasteiger partial charge in [-0.3, -0.25) is 15.0 Å². The normalized spacial score (nSPS) is 18.9. The van der Waals surface area contributed by atoms with Gasteiger partial charge in [-0.05, 0) is 54.4 Å². The van der Waals surface area contributed by atoms with E-state index in [0.717, 1.165) is 16.7 Å². The van der Waals surface area contributed by atoms with Crippen molar-refractivity contribution in [3.8, 4) is 0 Å². The summed E-state index contributed by atoms with van der Waals surface area (Å²) >= 11 is 11.1. The van der Waals surface area contributed by atoms with E-state index in [1.54, 1.807) is 18.2 Å². The Kier molecular flexibility index (Phi) is 3.94. The number of nitrogens with one attached hydrogen (secondary N) is 2. The highest BCUT2D eigenvalue weighted by molar-refractivity contribution is 7.71. The Morgan fingerprint density at radius 1 is 1.20 bits per heavy atom. The van der Waals surface area contributed by atoms with Gasteiger partial charge < -0.3 is 4.98 Å². The highest BCUT2D eigenvalue weighted by atomic mass is 35.5. The fourth-order valence-corrected chi connectivity index (χ4v) is 3.38. The fourth-order valence-electron chi connectivity index (χ4n) is 3.02. The van der Waals surface area contributed by atoms with Crippen molar-refractivity contribution in [3.63, 3.8) is 0 Å². The number of aromatic nitrogens is 2. The number of amides is 1. The molecule has 0 aliphatic heterocycles. The molecule has 1 amide bonds. The number of para-hydroxylation sites is 1. The number of hydrogen-bond acceptors (Lipinski definition) is 3. The van der Waals surface area contributed by atoms with Gasteiger partial charge in [0.25, 0.3) is 5.56 Å². The van der Waals surface area contributed by atoms with Gasteiger partial charge in [-0.25, -0.2) is 0 Å². The van der Waals surface area contributed by atoms with Crippen LogP contribution < -0.4 is 11.0 Å². The van der Waals surface area contributed by atoms with E-state index in [9.17, 15) is 9.59 Å². The zero-order chi connectivity index (χ0) is 17.6. The average Bonchev–Trinajstić information content (AvgIpc) is 3.40. The molecule has 3 aromatic rings. The van der Waals surface area contributed by atoms with Crippen molar-refractivity contribution < 1.29 is 4.79 Å². The lowest BCUT2D eigenvalue weighted by atomic mass is 10.1. The summed E-state index contributed by atoms with van der Waals surface area (Å²) in [5.41, 5.74) is 4.03. The molecule has 1 aliphatic rings. The Hall–Kier alpha value is -2.44. The predicted octanol–water partition coefficient (Wildman–Crippen LogP) is 3.59. The van der Waals surface area contributed by atoms with E-state index in [1.165, 1.54) is 0 Å². The predicted molar refractivity (Wildman–Crippen MR) is 100 cm³/mol. The molecule has 2 aromatic carbocycles. The molecule has 0 saturated heterocycles. The summed E-state index contributed by atoms with van der Waals surface area (Å²) in [5.74, 6) is -0.239. The first-order valence-corrected chi connectivity index (χ1v) is 8.63. The first kappa shape index (κ1) is 16.1. The first-order valence-electron chi connectivity index (χ1n) is 7.85. The van der Waals surface area contributed by atoms with Crippen molar-refractivity contribution in [1.29, 1.82) is 0 Å². The average molecular weight is 372 g/mol. The van der Waals surface area contributed by atoms with Crippen LogP contribution in [0.2, 0.25) is 5.02 Å². The molecule has 4 rings (SSSR count). The quantitative estimate of drug-likeness (QED) is 0.691. The summed E-state index contributed by atoms with van der Waals surface area (Å²) in [6, 6.07) is 14.5. The minimum atomic E-state index is -0.337. The van der Waals surface area contributed by atoms with Crippen molar-refractivity contribution in [3.05, 3.63) is 74.2 Å². The largest absolute Gasteiger partial charge is 0.330 e. The van der Waals surface area contributed by atoms with Crippen molar-refractivity contribution in [1.82, 2.24) is 9.66 Å². The molecule has 0 spiro atoms. The number of carbonyl (C=O) groups excluding carboxylic acids is 1. The van der Waals surface area contributed by atoms with E-state index in [2.05, 4.69) is 10.4 Å². The Labute approximate surface area is 153 Å². The van der Waals surface area contributed by atoms with Crippen LogP contribution in [-0.2, 0) is 4.79 Å². The van der Waals surface area contributed by atoms with Gasteiger partial charge in [0.1, 0.15) is 0 Å². The number of hydrogen-bond donors (Lipinski definition) is 2. The lowest BCUT2D eigenvalue weighted by Gasteiger charge is -2.09. The zero-order valence-corrected chi connectivity index (χ0v) is 14.6. The van der Waals surface area contributed by atoms with Gasteiger partial charge in [-0.15, -0.1) is 0 Å². The van der Waals surface area contributed by atoms with Gasteiger partial charge in [0.05, 0.1) is 10.9 Å². The molecule has 1 fully saturated rings. The lowest BCUT2D eigenvalue weighted by molar-refractivity contribution is -0.118. The number of carbonyl (C=O) groups is 1. The van der Waals surface area contributed by atoms with Crippen molar-refractivity contribution in [2.45, 2.75) is 12.3 Å². The van der Waals surface area contributed by atoms with E-state index in [1.807, 2.05) is 30.3 Å². The number of H-pyrrole nitrogens is 1. The Balaban J connectivity index is 1.58. The van der Waals surface area contributed by atoms with Crippen LogP contribution in [-0.4, -0.2) is 15.6 Å². The monoisotopic (exact) mass is 371 g/mol. The van der Waals surface area contributed by atoms with Gasteiger partial charge in [-0.1, -0.05) is 35.9 Å². The third-order valence-electron chi connectivity index (χ3n) is 4.45. The van der Waals surface area contributed by atoms with Gasteiger partial charge in [0.2, 0.25) is 5.91 Å². The molecule has 2 atom stereocenters. The van der Waals surface area contributed by atoms with E-state index >= 15 is 0 Å².